The third-order valence-corrected chi connectivity index (χ3v) is 4.92. The Kier molecular flexibility index (Phi) is 4.83. The molecule has 0 aliphatic rings. The monoisotopic (exact) mass is 419 g/mol. The van der Waals surface area contributed by atoms with E-state index in [4.69, 9.17) is 0 Å². The van der Waals surface area contributed by atoms with Gasteiger partial charge in [0.1, 0.15) is 5.69 Å². The van der Waals surface area contributed by atoms with Gasteiger partial charge in [-0.05, 0) is 47.8 Å². The lowest BCUT2D eigenvalue weighted by atomic mass is 10.1. The quantitative estimate of drug-likeness (QED) is 0.370. The van der Waals surface area contributed by atoms with Crippen molar-refractivity contribution in [1.29, 1.82) is 0 Å². The molecule has 3 nitrogen and oxygen atoms in total. The fourth-order valence-electron chi connectivity index (χ4n) is 2.65. The van der Waals surface area contributed by atoms with E-state index in [1.54, 1.807) is 6.07 Å². The first-order valence-electron chi connectivity index (χ1n) is 8.23. The summed E-state index contributed by atoms with van der Waals surface area (Å²) in [6.07, 6.45) is -3.29. The van der Waals surface area contributed by atoms with Gasteiger partial charge in [0.15, 0.2) is 17.5 Å². The van der Waals surface area contributed by atoms with Gasteiger partial charge >= 0.3 is 6.18 Å². The molecule has 0 radical (unpaired) electrons. The van der Waals surface area contributed by atoms with Gasteiger partial charge in [-0.1, -0.05) is 6.07 Å². The number of hydrogen-bond donors (Lipinski definition) is 0. The zero-order chi connectivity index (χ0) is 20.6. The Hall–Kier alpha value is -3.20. The van der Waals surface area contributed by atoms with Crippen molar-refractivity contribution < 1.29 is 22.0 Å². The summed E-state index contributed by atoms with van der Waals surface area (Å²) in [6, 6.07) is 10.2. The Morgan fingerprint density at radius 2 is 1.62 bits per heavy atom. The average Bonchev–Trinajstić information content (AvgIpc) is 3.24. The minimum absolute atomic E-state index is 0.00517. The standard InChI is InChI=1S/C20H10F5N3S/c21-13-4-3-11(8-14(13)22)15-10-18(20(23,24)25)28-19(27-15)12-5-6-26-16(9-12)17-2-1-7-29-17/h1-10H. The van der Waals surface area contributed by atoms with Gasteiger partial charge in [-0.15, -0.1) is 11.3 Å². The summed E-state index contributed by atoms with van der Waals surface area (Å²) < 4.78 is 67.0. The van der Waals surface area contributed by atoms with Crippen LogP contribution in [0, 0.1) is 11.6 Å². The molecule has 0 aliphatic heterocycles. The summed E-state index contributed by atoms with van der Waals surface area (Å²) in [5.74, 6) is -2.48. The fraction of sp³-hybridized carbons (Fsp3) is 0.0500. The van der Waals surface area contributed by atoms with Crippen molar-refractivity contribution in [2.24, 2.45) is 0 Å². The Morgan fingerprint density at radius 3 is 2.31 bits per heavy atom. The van der Waals surface area contributed by atoms with Crippen LogP contribution in [0.4, 0.5) is 22.0 Å². The van der Waals surface area contributed by atoms with E-state index < -0.39 is 23.5 Å². The number of nitrogens with zero attached hydrogens (tertiary/aromatic N) is 3. The van der Waals surface area contributed by atoms with Crippen LogP contribution in [-0.4, -0.2) is 15.0 Å². The second-order valence-corrected chi connectivity index (χ2v) is 6.94. The Labute approximate surface area is 165 Å². The molecule has 3 heterocycles. The summed E-state index contributed by atoms with van der Waals surface area (Å²) >= 11 is 1.43. The maximum Gasteiger partial charge on any atom is 0.433 e. The molecule has 0 aliphatic carbocycles. The number of alkyl halides is 3. The predicted molar refractivity (Wildman–Crippen MR) is 98.9 cm³/mol. The van der Waals surface area contributed by atoms with E-state index in [1.165, 1.54) is 23.6 Å². The number of halogens is 5. The van der Waals surface area contributed by atoms with Crippen LogP contribution in [0.3, 0.4) is 0 Å². The second-order valence-electron chi connectivity index (χ2n) is 6.00. The normalized spacial score (nSPS) is 11.6. The van der Waals surface area contributed by atoms with Gasteiger partial charge in [0, 0.05) is 17.3 Å². The van der Waals surface area contributed by atoms with E-state index in [-0.39, 0.29) is 17.1 Å². The van der Waals surface area contributed by atoms with Crippen molar-refractivity contribution >= 4 is 11.3 Å². The third-order valence-electron chi connectivity index (χ3n) is 4.02. The van der Waals surface area contributed by atoms with E-state index in [1.807, 2.05) is 17.5 Å². The highest BCUT2D eigenvalue weighted by atomic mass is 32.1. The lowest BCUT2D eigenvalue weighted by Crippen LogP contribution is -2.10. The van der Waals surface area contributed by atoms with E-state index in [0.717, 1.165) is 23.1 Å². The number of benzene rings is 1. The topological polar surface area (TPSA) is 38.7 Å². The van der Waals surface area contributed by atoms with Crippen molar-refractivity contribution in [2.75, 3.05) is 0 Å². The molecule has 0 saturated heterocycles. The summed E-state index contributed by atoms with van der Waals surface area (Å²) in [6.45, 7) is 0. The number of aromatic nitrogens is 3. The smallest absolute Gasteiger partial charge is 0.255 e. The Balaban J connectivity index is 1.87. The zero-order valence-electron chi connectivity index (χ0n) is 14.4. The predicted octanol–water partition coefficient (Wildman–Crippen LogP) is 6.23. The first-order valence-corrected chi connectivity index (χ1v) is 9.11. The van der Waals surface area contributed by atoms with Crippen LogP contribution in [0.1, 0.15) is 5.69 Å². The molecule has 0 unspecified atom stereocenters. The molecule has 0 N–H and O–H groups in total. The van der Waals surface area contributed by atoms with E-state index >= 15 is 0 Å². The van der Waals surface area contributed by atoms with Gasteiger partial charge in [0.25, 0.3) is 0 Å². The number of thiophene rings is 1. The summed E-state index contributed by atoms with van der Waals surface area (Å²) in [7, 11) is 0. The fourth-order valence-corrected chi connectivity index (χ4v) is 3.35. The van der Waals surface area contributed by atoms with Crippen LogP contribution >= 0.6 is 11.3 Å². The lowest BCUT2D eigenvalue weighted by molar-refractivity contribution is -0.141. The molecule has 0 bridgehead atoms. The highest BCUT2D eigenvalue weighted by Crippen LogP contribution is 2.33. The third kappa shape index (κ3) is 4.00. The van der Waals surface area contributed by atoms with Gasteiger partial charge in [0.05, 0.1) is 16.3 Å². The van der Waals surface area contributed by atoms with Gasteiger partial charge in [-0.25, -0.2) is 18.7 Å². The van der Waals surface area contributed by atoms with Gasteiger partial charge in [-0.2, -0.15) is 13.2 Å². The molecule has 0 fully saturated rings. The zero-order valence-corrected chi connectivity index (χ0v) is 15.2. The minimum atomic E-state index is -4.74. The molecule has 4 rings (SSSR count). The van der Waals surface area contributed by atoms with Crippen molar-refractivity contribution in [1.82, 2.24) is 15.0 Å². The SMILES string of the molecule is Fc1ccc(-c2cc(C(F)(F)F)nc(-c3ccnc(-c4cccs4)c3)n2)cc1F. The Morgan fingerprint density at radius 1 is 0.793 bits per heavy atom. The van der Waals surface area contributed by atoms with Crippen LogP contribution in [0.5, 0.6) is 0 Å². The van der Waals surface area contributed by atoms with Crippen molar-refractivity contribution in [3.8, 4) is 33.2 Å². The first-order chi connectivity index (χ1) is 13.8. The molecule has 0 spiro atoms. The molecule has 9 heteroatoms. The van der Waals surface area contributed by atoms with Gasteiger partial charge in [-0.3, -0.25) is 4.98 Å². The van der Waals surface area contributed by atoms with Gasteiger partial charge in [0.2, 0.25) is 0 Å². The molecule has 0 amide bonds. The molecular weight excluding hydrogens is 409 g/mol. The minimum Gasteiger partial charge on any atom is -0.255 e. The van der Waals surface area contributed by atoms with Gasteiger partial charge < -0.3 is 0 Å². The van der Waals surface area contributed by atoms with Crippen LogP contribution in [-0.2, 0) is 6.18 Å². The number of rotatable bonds is 3. The summed E-state index contributed by atoms with van der Waals surface area (Å²) in [4.78, 5) is 12.8. The number of pyridine rings is 1. The Bertz CT molecular complexity index is 1170. The van der Waals surface area contributed by atoms with Crippen molar-refractivity contribution in [3.63, 3.8) is 0 Å². The molecule has 29 heavy (non-hydrogen) atoms. The molecular formula is C20H10F5N3S. The van der Waals surface area contributed by atoms with E-state index in [2.05, 4.69) is 15.0 Å². The summed E-state index contributed by atoms with van der Waals surface area (Å²) in [5.41, 5.74) is -0.468. The number of hydrogen-bond acceptors (Lipinski definition) is 4. The van der Waals surface area contributed by atoms with E-state index in [9.17, 15) is 22.0 Å². The highest BCUT2D eigenvalue weighted by molar-refractivity contribution is 7.13. The average molecular weight is 419 g/mol. The molecule has 0 atom stereocenters. The largest absolute Gasteiger partial charge is 0.433 e. The second kappa shape index (κ2) is 7.32. The van der Waals surface area contributed by atoms with Crippen LogP contribution in [0.2, 0.25) is 0 Å². The molecule has 146 valence electrons. The highest BCUT2D eigenvalue weighted by Gasteiger charge is 2.34. The summed E-state index contributed by atoms with van der Waals surface area (Å²) in [5, 5.41) is 1.85. The molecule has 1 aromatic carbocycles. The molecule has 0 saturated carbocycles. The lowest BCUT2D eigenvalue weighted by Gasteiger charge is -2.11. The van der Waals surface area contributed by atoms with Crippen molar-refractivity contribution in [3.05, 3.63) is 77.4 Å². The van der Waals surface area contributed by atoms with Crippen LogP contribution < -0.4 is 0 Å². The van der Waals surface area contributed by atoms with E-state index in [0.29, 0.717) is 17.3 Å². The molecule has 4 aromatic rings. The van der Waals surface area contributed by atoms with Crippen LogP contribution in [0.15, 0.2) is 60.1 Å². The maximum atomic E-state index is 13.6. The van der Waals surface area contributed by atoms with Crippen LogP contribution in [0.25, 0.3) is 33.2 Å². The first kappa shape index (κ1) is 19.1. The van der Waals surface area contributed by atoms with Crippen molar-refractivity contribution in [2.45, 2.75) is 6.18 Å². The molecule has 3 aromatic heterocycles. The maximum absolute atomic E-state index is 13.6.